The van der Waals surface area contributed by atoms with Crippen molar-refractivity contribution in [2.24, 2.45) is 0 Å². The van der Waals surface area contributed by atoms with Crippen molar-refractivity contribution in [1.82, 2.24) is 0 Å². The highest BCUT2D eigenvalue weighted by atomic mass is 16.5. The zero-order valence-electron chi connectivity index (χ0n) is 28.1. The molecule has 2 aromatic carbocycles. The van der Waals surface area contributed by atoms with Gasteiger partial charge in [-0.3, -0.25) is 4.79 Å². The topological polar surface area (TPSA) is 76.0 Å². The molecule has 2 aromatic rings. The molecular formula is C39H62O5. The third kappa shape index (κ3) is 16.4. The largest absolute Gasteiger partial charge is 0.507 e. The maximum Gasteiger partial charge on any atom is 0.200 e. The first-order chi connectivity index (χ1) is 21.6. The van der Waals surface area contributed by atoms with Crippen LogP contribution in [0.2, 0.25) is 0 Å². The average Bonchev–Trinajstić information content (AvgIpc) is 3.02. The molecule has 0 aliphatic carbocycles. The van der Waals surface area contributed by atoms with E-state index in [1.54, 1.807) is 24.3 Å². The van der Waals surface area contributed by atoms with Crippen molar-refractivity contribution in [3.63, 3.8) is 0 Å². The van der Waals surface area contributed by atoms with Crippen LogP contribution in [-0.4, -0.2) is 29.2 Å². The third-order valence-electron chi connectivity index (χ3n) is 8.46. The smallest absolute Gasteiger partial charge is 0.200 e. The lowest BCUT2D eigenvalue weighted by Gasteiger charge is -2.11. The summed E-state index contributed by atoms with van der Waals surface area (Å²) in [6, 6.07) is 9.48. The second-order valence-electron chi connectivity index (χ2n) is 12.5. The lowest BCUT2D eigenvalue weighted by atomic mass is 10.0. The first kappa shape index (κ1) is 37.5. The number of hydrogen-bond donors (Lipinski definition) is 2. The molecule has 2 N–H and O–H groups in total. The van der Waals surface area contributed by atoms with Gasteiger partial charge in [-0.2, -0.15) is 0 Å². The number of carbonyl (C=O) groups excluding carboxylic acids is 1. The molecule has 0 fully saturated rings. The number of ketones is 1. The SMILES string of the molecule is CCCCCCCCCCCCCOc1ccc(C(=O)c2ccc(OCCCCCCCCCCCCC)cc2O)c(O)c1. The normalized spacial score (nSPS) is 11.1. The number of aromatic hydroxyl groups is 2. The lowest BCUT2D eigenvalue weighted by molar-refractivity contribution is 0.103. The van der Waals surface area contributed by atoms with Gasteiger partial charge in [0.2, 0.25) is 0 Å². The van der Waals surface area contributed by atoms with Crippen molar-refractivity contribution in [2.75, 3.05) is 13.2 Å². The summed E-state index contributed by atoms with van der Waals surface area (Å²) in [5.74, 6) is 0.349. The van der Waals surface area contributed by atoms with Crippen molar-refractivity contribution in [2.45, 2.75) is 155 Å². The van der Waals surface area contributed by atoms with E-state index in [1.165, 1.54) is 128 Å². The molecule has 0 radical (unpaired) electrons. The monoisotopic (exact) mass is 610 g/mol. The van der Waals surface area contributed by atoms with Crippen molar-refractivity contribution < 1.29 is 24.5 Å². The molecular weight excluding hydrogens is 548 g/mol. The Morgan fingerprint density at radius 1 is 0.477 bits per heavy atom. The molecule has 0 aliphatic heterocycles. The number of phenolic OH excluding ortho intramolecular Hbond substituents is 2. The van der Waals surface area contributed by atoms with Gasteiger partial charge in [0.05, 0.1) is 24.3 Å². The Kier molecular flexibility index (Phi) is 21.0. The van der Waals surface area contributed by atoms with E-state index in [2.05, 4.69) is 13.8 Å². The standard InChI is InChI=1S/C39H62O5/c1-3-5-7-9-11-13-15-17-19-21-23-29-43-33-25-27-35(37(40)31-33)39(42)36-28-26-34(32-38(36)41)44-30-24-22-20-18-16-14-12-10-8-6-4-2/h25-28,31-32,40-41H,3-24,29-30H2,1-2H3. The van der Waals surface area contributed by atoms with Gasteiger partial charge in [-0.15, -0.1) is 0 Å². The number of rotatable bonds is 28. The number of benzene rings is 2. The van der Waals surface area contributed by atoms with Crippen molar-refractivity contribution in [1.29, 1.82) is 0 Å². The van der Waals surface area contributed by atoms with E-state index < -0.39 is 5.78 Å². The van der Waals surface area contributed by atoms with Crippen LogP contribution < -0.4 is 9.47 Å². The molecule has 5 heteroatoms. The highest BCUT2D eigenvalue weighted by Gasteiger charge is 2.18. The second kappa shape index (κ2) is 24.6. The number of unbranched alkanes of at least 4 members (excludes halogenated alkanes) is 20. The second-order valence-corrected chi connectivity index (χ2v) is 12.5. The van der Waals surface area contributed by atoms with Gasteiger partial charge < -0.3 is 19.7 Å². The van der Waals surface area contributed by atoms with Gasteiger partial charge in [-0.25, -0.2) is 0 Å². The fourth-order valence-corrected chi connectivity index (χ4v) is 5.64. The summed E-state index contributed by atoms with van der Waals surface area (Å²) in [6.45, 7) is 5.69. The van der Waals surface area contributed by atoms with Crippen LogP contribution in [0.1, 0.15) is 171 Å². The van der Waals surface area contributed by atoms with E-state index in [9.17, 15) is 15.0 Å². The molecule has 0 bridgehead atoms. The number of hydrogen-bond acceptors (Lipinski definition) is 5. The number of carbonyl (C=O) groups is 1. The van der Waals surface area contributed by atoms with Crippen LogP contribution in [-0.2, 0) is 0 Å². The maximum absolute atomic E-state index is 13.1. The predicted molar refractivity (Wildman–Crippen MR) is 184 cm³/mol. The minimum Gasteiger partial charge on any atom is -0.507 e. The molecule has 0 heterocycles. The number of phenols is 2. The fraction of sp³-hybridized carbons (Fsp3) is 0.667. The molecule has 0 amide bonds. The fourth-order valence-electron chi connectivity index (χ4n) is 5.64. The summed E-state index contributed by atoms with van der Waals surface area (Å²) in [4.78, 5) is 13.1. The quantitative estimate of drug-likeness (QED) is 0.0740. The molecule has 248 valence electrons. The minimum atomic E-state index is -0.436. The zero-order chi connectivity index (χ0) is 31.7. The Balaban J connectivity index is 1.62. The Labute approximate surface area is 268 Å². The first-order valence-electron chi connectivity index (χ1n) is 18.0. The van der Waals surface area contributed by atoms with E-state index in [-0.39, 0.29) is 22.6 Å². The molecule has 44 heavy (non-hydrogen) atoms. The van der Waals surface area contributed by atoms with Gasteiger partial charge in [-0.1, -0.05) is 142 Å². The Morgan fingerprint density at radius 2 is 0.773 bits per heavy atom. The van der Waals surface area contributed by atoms with E-state index in [0.29, 0.717) is 24.7 Å². The number of ether oxygens (including phenoxy) is 2. The Bertz CT molecular complexity index is 938. The summed E-state index contributed by atoms with van der Waals surface area (Å²) < 4.78 is 11.6. The van der Waals surface area contributed by atoms with Gasteiger partial charge in [0.15, 0.2) is 5.78 Å². The summed E-state index contributed by atoms with van der Waals surface area (Å²) in [5.41, 5.74) is 0.272. The van der Waals surface area contributed by atoms with Crippen molar-refractivity contribution >= 4 is 5.78 Å². The zero-order valence-corrected chi connectivity index (χ0v) is 28.1. The molecule has 0 saturated carbocycles. The molecule has 0 spiro atoms. The highest BCUT2D eigenvalue weighted by molar-refractivity contribution is 6.12. The third-order valence-corrected chi connectivity index (χ3v) is 8.46. The molecule has 0 aliphatic rings. The summed E-state index contributed by atoms with van der Waals surface area (Å²) in [7, 11) is 0. The van der Waals surface area contributed by atoms with Crippen LogP contribution in [0.3, 0.4) is 0 Å². The van der Waals surface area contributed by atoms with E-state index >= 15 is 0 Å². The van der Waals surface area contributed by atoms with Crippen LogP contribution in [0.15, 0.2) is 36.4 Å². The predicted octanol–water partition coefficient (Wildman–Crippen LogP) is 11.7. The van der Waals surface area contributed by atoms with Crippen LogP contribution in [0, 0.1) is 0 Å². The van der Waals surface area contributed by atoms with Gasteiger partial charge in [-0.05, 0) is 37.1 Å². The minimum absolute atomic E-state index is 0.136. The van der Waals surface area contributed by atoms with Crippen LogP contribution in [0.5, 0.6) is 23.0 Å². The Hall–Kier alpha value is -2.69. The van der Waals surface area contributed by atoms with Gasteiger partial charge >= 0.3 is 0 Å². The molecule has 0 unspecified atom stereocenters. The molecule has 0 saturated heterocycles. The molecule has 5 nitrogen and oxygen atoms in total. The molecule has 0 atom stereocenters. The molecule has 2 rings (SSSR count). The van der Waals surface area contributed by atoms with Gasteiger partial charge in [0, 0.05) is 12.1 Å². The van der Waals surface area contributed by atoms with E-state index in [1.807, 2.05) is 0 Å². The highest BCUT2D eigenvalue weighted by Crippen LogP contribution is 2.31. The van der Waals surface area contributed by atoms with Gasteiger partial charge in [0.1, 0.15) is 23.0 Å². The van der Waals surface area contributed by atoms with Crippen molar-refractivity contribution in [3.8, 4) is 23.0 Å². The van der Waals surface area contributed by atoms with Crippen LogP contribution in [0.25, 0.3) is 0 Å². The van der Waals surface area contributed by atoms with E-state index in [0.717, 1.165) is 25.7 Å². The average molecular weight is 611 g/mol. The van der Waals surface area contributed by atoms with Crippen molar-refractivity contribution in [3.05, 3.63) is 47.5 Å². The van der Waals surface area contributed by atoms with E-state index in [4.69, 9.17) is 9.47 Å². The summed E-state index contributed by atoms with van der Waals surface area (Å²) in [5, 5.41) is 21.1. The Morgan fingerprint density at radius 3 is 1.07 bits per heavy atom. The first-order valence-corrected chi connectivity index (χ1v) is 18.0. The maximum atomic E-state index is 13.1. The summed E-state index contributed by atoms with van der Waals surface area (Å²) >= 11 is 0. The van der Waals surface area contributed by atoms with Gasteiger partial charge in [0.25, 0.3) is 0 Å². The lowest BCUT2D eigenvalue weighted by Crippen LogP contribution is -2.04. The molecule has 0 aromatic heterocycles. The summed E-state index contributed by atoms with van der Waals surface area (Å²) in [6.07, 6.45) is 28.1. The van der Waals surface area contributed by atoms with Crippen LogP contribution in [0.4, 0.5) is 0 Å². The van der Waals surface area contributed by atoms with Crippen LogP contribution >= 0.6 is 0 Å².